The number of allylic oxidation sites excluding steroid dienone is 1. The maximum Gasteiger partial charge on any atom is 0.337 e. The maximum atomic E-state index is 13.2. The Morgan fingerprint density at radius 3 is 2.15 bits per heavy atom. The monoisotopic (exact) mass is 625 g/mol. The Hall–Kier alpha value is -4.23. The third kappa shape index (κ3) is 8.94. The van der Waals surface area contributed by atoms with Gasteiger partial charge in [0.2, 0.25) is 5.91 Å². The summed E-state index contributed by atoms with van der Waals surface area (Å²) < 4.78 is 4.88. The number of nitrogens with zero attached hydrogens (tertiary/aromatic N) is 2. The molecule has 7 nitrogen and oxygen atoms in total. The van der Waals surface area contributed by atoms with Crippen molar-refractivity contribution in [1.82, 2.24) is 4.90 Å². The molecule has 1 saturated heterocycles. The summed E-state index contributed by atoms with van der Waals surface area (Å²) in [6, 6.07) is 21.1. The normalized spacial score (nSPS) is 14.5. The third-order valence-electron chi connectivity index (χ3n) is 8.22. The fourth-order valence-corrected chi connectivity index (χ4v) is 6.03. The number of carbonyl (C=O) groups excluding carboxylic acids is 3. The molecule has 3 aromatic carbocycles. The topological polar surface area (TPSA) is 79.0 Å². The van der Waals surface area contributed by atoms with Gasteiger partial charge in [-0.15, -0.1) is 0 Å². The molecule has 7 heteroatoms. The van der Waals surface area contributed by atoms with E-state index < -0.39 is 5.97 Å². The average Bonchev–Trinajstić information content (AvgIpc) is 3.53. The number of carbonyl (C=O) groups is 3. The number of hydrogen-bond acceptors (Lipinski definition) is 6. The highest BCUT2D eigenvalue weighted by atomic mass is 16.5. The Labute approximate surface area is 275 Å². The SMILES string of the molecule is CC.CC.COC(=O)c1ccc(/C(C(C)=O)=C(/Nc2ccc3c(c2)CCN3C(=O)CCN2CCCCC2)c2ccccc2)c(C)c1. The molecule has 0 spiro atoms. The molecule has 0 atom stereocenters. The number of nitrogens with one attached hydrogen (secondary N) is 1. The molecule has 1 fully saturated rings. The molecule has 0 bridgehead atoms. The zero-order chi connectivity index (χ0) is 33.6. The van der Waals surface area contributed by atoms with Crippen LogP contribution in [-0.2, 0) is 20.7 Å². The van der Waals surface area contributed by atoms with Crippen molar-refractivity contribution in [2.24, 2.45) is 0 Å². The lowest BCUT2D eigenvalue weighted by Crippen LogP contribution is -2.35. The smallest absolute Gasteiger partial charge is 0.337 e. The van der Waals surface area contributed by atoms with Crippen LogP contribution >= 0.6 is 0 Å². The zero-order valence-corrected chi connectivity index (χ0v) is 28.7. The molecular weight excluding hydrogens is 574 g/mol. The zero-order valence-electron chi connectivity index (χ0n) is 28.7. The largest absolute Gasteiger partial charge is 0.465 e. The van der Waals surface area contributed by atoms with Gasteiger partial charge in [0.15, 0.2) is 5.78 Å². The minimum atomic E-state index is -0.420. The van der Waals surface area contributed by atoms with Crippen LogP contribution in [-0.4, -0.2) is 55.8 Å². The van der Waals surface area contributed by atoms with Crippen molar-refractivity contribution >= 4 is 40.3 Å². The number of ketones is 1. The van der Waals surface area contributed by atoms with Crippen LogP contribution < -0.4 is 10.2 Å². The van der Waals surface area contributed by atoms with E-state index in [1.165, 1.54) is 26.4 Å². The van der Waals surface area contributed by atoms with Gasteiger partial charge in [-0.1, -0.05) is 70.5 Å². The van der Waals surface area contributed by atoms with Crippen LogP contribution in [0.15, 0.2) is 66.7 Å². The number of fused-ring (bicyclic) bond motifs is 1. The highest BCUT2D eigenvalue weighted by molar-refractivity contribution is 6.28. The van der Waals surface area contributed by atoms with Gasteiger partial charge in [0.1, 0.15) is 0 Å². The summed E-state index contributed by atoms with van der Waals surface area (Å²) in [5.74, 6) is -0.340. The van der Waals surface area contributed by atoms with E-state index in [1.54, 1.807) is 25.1 Å². The second-order valence-corrected chi connectivity index (χ2v) is 11.1. The summed E-state index contributed by atoms with van der Waals surface area (Å²) in [6.07, 6.45) is 5.06. The van der Waals surface area contributed by atoms with Crippen molar-refractivity contribution in [1.29, 1.82) is 0 Å². The molecule has 2 heterocycles. The predicted octanol–water partition coefficient (Wildman–Crippen LogP) is 8.17. The van der Waals surface area contributed by atoms with Gasteiger partial charge in [0, 0.05) is 36.5 Å². The molecule has 0 unspecified atom stereocenters. The number of likely N-dealkylation sites (tertiary alicyclic amines) is 1. The van der Waals surface area contributed by atoms with Crippen molar-refractivity contribution in [3.8, 4) is 0 Å². The number of amides is 1. The van der Waals surface area contributed by atoms with Crippen LogP contribution in [0.3, 0.4) is 0 Å². The average molecular weight is 626 g/mol. The number of rotatable bonds is 9. The van der Waals surface area contributed by atoms with Crippen LogP contribution in [0.1, 0.15) is 92.9 Å². The van der Waals surface area contributed by atoms with E-state index in [-0.39, 0.29) is 11.7 Å². The number of esters is 1. The van der Waals surface area contributed by atoms with Crippen molar-refractivity contribution in [2.75, 3.05) is 43.5 Å². The molecule has 0 aromatic heterocycles. The van der Waals surface area contributed by atoms with Crippen molar-refractivity contribution in [3.63, 3.8) is 0 Å². The molecule has 1 N–H and O–H groups in total. The Morgan fingerprint density at radius 1 is 0.826 bits per heavy atom. The lowest BCUT2D eigenvalue weighted by molar-refractivity contribution is -0.119. The first-order chi connectivity index (χ1) is 22.4. The van der Waals surface area contributed by atoms with Crippen molar-refractivity contribution in [2.45, 2.75) is 73.6 Å². The Morgan fingerprint density at radius 2 is 1.52 bits per heavy atom. The quantitative estimate of drug-likeness (QED) is 0.147. The summed E-state index contributed by atoms with van der Waals surface area (Å²) in [4.78, 5) is 42.8. The molecule has 3 aromatic rings. The molecule has 1 amide bonds. The van der Waals surface area contributed by atoms with Crippen LogP contribution in [0.25, 0.3) is 11.3 Å². The van der Waals surface area contributed by atoms with E-state index in [0.717, 1.165) is 59.7 Å². The number of benzene rings is 3. The molecule has 246 valence electrons. The van der Waals surface area contributed by atoms with Gasteiger partial charge in [-0.05, 0) is 98.8 Å². The molecule has 0 saturated carbocycles. The van der Waals surface area contributed by atoms with Crippen LogP contribution in [0.4, 0.5) is 11.4 Å². The Bertz CT molecular complexity index is 1510. The van der Waals surface area contributed by atoms with E-state index in [1.807, 2.05) is 82.0 Å². The Balaban J connectivity index is 0.00000139. The number of ether oxygens (including phenoxy) is 1. The second kappa shape index (κ2) is 18.1. The number of aryl methyl sites for hydroxylation is 1. The molecule has 0 aliphatic carbocycles. The van der Waals surface area contributed by atoms with E-state index in [9.17, 15) is 14.4 Å². The van der Waals surface area contributed by atoms with Gasteiger partial charge >= 0.3 is 5.97 Å². The number of Topliss-reactive ketones (excluding diaryl/α,β-unsaturated/α-hetero) is 1. The molecule has 2 aliphatic heterocycles. The van der Waals surface area contributed by atoms with Crippen molar-refractivity contribution < 1.29 is 19.1 Å². The Kier molecular flexibility index (Phi) is 14.2. The summed E-state index contributed by atoms with van der Waals surface area (Å²) in [6.45, 7) is 15.1. The minimum absolute atomic E-state index is 0.0955. The predicted molar refractivity (Wildman–Crippen MR) is 190 cm³/mol. The van der Waals surface area contributed by atoms with Gasteiger partial charge in [0.25, 0.3) is 0 Å². The fraction of sp³-hybridized carbons (Fsp3) is 0.410. The van der Waals surface area contributed by atoms with Crippen LogP contribution in [0.5, 0.6) is 0 Å². The van der Waals surface area contributed by atoms with Crippen LogP contribution in [0, 0.1) is 6.92 Å². The standard InChI is InChI=1S/C35H39N3O4.2C2H6/c1-24-22-28(35(41)42-3)12-14-30(24)33(25(2)39)34(26-10-6-4-7-11-26)36-29-13-15-31-27(23-29)16-21-38(31)32(40)17-20-37-18-8-5-9-19-37;2*1-2/h4,6-7,10-15,22-23,36H,5,8-9,16-21H2,1-3H3;2*1-2H3/b34-33+;;. The van der Waals surface area contributed by atoms with Gasteiger partial charge in [-0.3, -0.25) is 9.59 Å². The lowest BCUT2D eigenvalue weighted by atomic mass is 9.92. The summed E-state index contributed by atoms with van der Waals surface area (Å²) in [7, 11) is 1.35. The van der Waals surface area contributed by atoms with E-state index in [4.69, 9.17) is 4.74 Å². The van der Waals surface area contributed by atoms with E-state index in [2.05, 4.69) is 16.3 Å². The minimum Gasteiger partial charge on any atom is -0.465 e. The maximum absolute atomic E-state index is 13.2. The number of hydrogen-bond donors (Lipinski definition) is 1. The van der Waals surface area contributed by atoms with Crippen LogP contribution in [0.2, 0.25) is 0 Å². The van der Waals surface area contributed by atoms with Gasteiger partial charge < -0.3 is 19.9 Å². The second-order valence-electron chi connectivity index (χ2n) is 11.1. The van der Waals surface area contributed by atoms with E-state index >= 15 is 0 Å². The summed E-state index contributed by atoms with van der Waals surface area (Å²) >= 11 is 0. The molecule has 5 rings (SSSR count). The third-order valence-corrected chi connectivity index (χ3v) is 8.22. The number of piperidine rings is 1. The van der Waals surface area contributed by atoms with Gasteiger partial charge in [0.05, 0.1) is 18.4 Å². The molecule has 0 radical (unpaired) electrons. The van der Waals surface area contributed by atoms with E-state index in [0.29, 0.717) is 29.8 Å². The first-order valence-electron chi connectivity index (χ1n) is 16.8. The molecule has 46 heavy (non-hydrogen) atoms. The lowest BCUT2D eigenvalue weighted by Gasteiger charge is -2.27. The number of methoxy groups -OCH3 is 1. The van der Waals surface area contributed by atoms with Gasteiger partial charge in [-0.25, -0.2) is 4.79 Å². The first-order valence-corrected chi connectivity index (χ1v) is 16.8. The van der Waals surface area contributed by atoms with Gasteiger partial charge in [-0.2, -0.15) is 0 Å². The number of anilines is 2. The summed E-state index contributed by atoms with van der Waals surface area (Å²) in [5, 5.41) is 3.55. The molecular formula is C39H51N3O4. The fourth-order valence-electron chi connectivity index (χ4n) is 6.03. The summed E-state index contributed by atoms with van der Waals surface area (Å²) in [5.41, 5.74) is 6.99. The highest BCUT2D eigenvalue weighted by Gasteiger charge is 2.26. The first kappa shape index (κ1) is 36.2. The van der Waals surface area contributed by atoms with Crippen molar-refractivity contribution in [3.05, 3.63) is 94.5 Å². The molecule has 2 aliphatic rings. The highest BCUT2D eigenvalue weighted by Crippen LogP contribution is 2.35.